The third-order valence-electron chi connectivity index (χ3n) is 2.75. The largest absolute Gasteiger partial charge is 0.382 e. The topological polar surface area (TPSA) is 47.9 Å². The van der Waals surface area contributed by atoms with E-state index in [1.54, 1.807) is 0 Å². The summed E-state index contributed by atoms with van der Waals surface area (Å²) in [5, 5.41) is 15.6. The van der Waals surface area contributed by atoms with Crippen LogP contribution >= 0.6 is 0 Å². The Balaban J connectivity index is 1.95. The molecule has 0 radical (unpaired) electrons. The number of benzene rings is 1. The van der Waals surface area contributed by atoms with Gasteiger partial charge < -0.3 is 10.6 Å². The normalized spacial score (nSPS) is 19.8. The molecule has 2 rings (SSSR count). The van der Waals surface area contributed by atoms with Crippen molar-refractivity contribution in [2.45, 2.75) is 18.9 Å². The van der Waals surface area contributed by atoms with Crippen molar-refractivity contribution in [3.63, 3.8) is 0 Å². The summed E-state index contributed by atoms with van der Waals surface area (Å²) in [6.07, 6.45) is 2.48. The van der Waals surface area contributed by atoms with Gasteiger partial charge in [0.15, 0.2) is 0 Å². The lowest BCUT2D eigenvalue weighted by atomic mass is 10.2. The van der Waals surface area contributed by atoms with E-state index in [2.05, 4.69) is 16.7 Å². The molecule has 15 heavy (non-hydrogen) atoms. The van der Waals surface area contributed by atoms with Gasteiger partial charge in [-0.05, 0) is 31.5 Å². The monoisotopic (exact) mass is 201 g/mol. The van der Waals surface area contributed by atoms with E-state index in [0.717, 1.165) is 24.3 Å². The summed E-state index contributed by atoms with van der Waals surface area (Å²) in [5.74, 6) is 0. The molecular weight excluding hydrogens is 186 g/mol. The molecular formula is C12H15N3. The minimum Gasteiger partial charge on any atom is -0.382 e. The lowest BCUT2D eigenvalue weighted by Gasteiger charge is -2.13. The van der Waals surface area contributed by atoms with Gasteiger partial charge in [0, 0.05) is 12.6 Å². The molecule has 1 fully saturated rings. The summed E-state index contributed by atoms with van der Waals surface area (Å²) >= 11 is 0. The zero-order valence-corrected chi connectivity index (χ0v) is 8.66. The van der Waals surface area contributed by atoms with E-state index in [-0.39, 0.29) is 0 Å². The van der Waals surface area contributed by atoms with Crippen LogP contribution in [-0.4, -0.2) is 19.1 Å². The zero-order valence-electron chi connectivity index (χ0n) is 8.66. The number of nitriles is 1. The standard InChI is InChI=1S/C12H15N3/c13-8-10-4-1-2-6-12(10)15-9-11-5-3-7-14-11/h1-2,4,6,11,14-15H,3,5,7,9H2. The van der Waals surface area contributed by atoms with Gasteiger partial charge in [0.2, 0.25) is 0 Å². The first-order valence-corrected chi connectivity index (χ1v) is 5.36. The molecule has 1 aromatic rings. The third-order valence-corrected chi connectivity index (χ3v) is 2.75. The van der Waals surface area contributed by atoms with Crippen molar-refractivity contribution in [1.29, 1.82) is 5.26 Å². The Kier molecular flexibility index (Phi) is 3.21. The Hall–Kier alpha value is -1.53. The van der Waals surface area contributed by atoms with Crippen molar-refractivity contribution in [2.24, 2.45) is 0 Å². The van der Waals surface area contributed by atoms with Crippen molar-refractivity contribution >= 4 is 5.69 Å². The minimum atomic E-state index is 0.553. The molecule has 0 amide bonds. The first-order chi connectivity index (χ1) is 7.40. The summed E-state index contributed by atoms with van der Waals surface area (Å²) < 4.78 is 0. The lowest BCUT2D eigenvalue weighted by Crippen LogP contribution is -2.29. The van der Waals surface area contributed by atoms with E-state index >= 15 is 0 Å². The average Bonchev–Trinajstić information content (AvgIpc) is 2.79. The molecule has 1 aromatic carbocycles. The van der Waals surface area contributed by atoms with Crippen molar-refractivity contribution in [3.05, 3.63) is 29.8 Å². The van der Waals surface area contributed by atoms with Crippen molar-refractivity contribution in [1.82, 2.24) is 5.32 Å². The molecule has 78 valence electrons. The SMILES string of the molecule is N#Cc1ccccc1NCC1CCCN1. The maximum atomic E-state index is 8.90. The first kappa shape index (κ1) is 10.0. The predicted octanol–water partition coefficient (Wildman–Crippen LogP) is 1.72. The van der Waals surface area contributed by atoms with Crippen LogP contribution in [0.5, 0.6) is 0 Å². The molecule has 2 N–H and O–H groups in total. The fourth-order valence-electron chi connectivity index (χ4n) is 1.90. The molecule has 0 bridgehead atoms. The van der Waals surface area contributed by atoms with E-state index in [1.807, 2.05) is 24.3 Å². The number of anilines is 1. The van der Waals surface area contributed by atoms with Crippen LogP contribution < -0.4 is 10.6 Å². The summed E-state index contributed by atoms with van der Waals surface area (Å²) in [7, 11) is 0. The Labute approximate surface area is 90.1 Å². The van der Waals surface area contributed by atoms with Gasteiger partial charge in [-0.1, -0.05) is 12.1 Å². The summed E-state index contributed by atoms with van der Waals surface area (Å²) in [6, 6.07) is 10.4. The van der Waals surface area contributed by atoms with E-state index in [0.29, 0.717) is 6.04 Å². The Bertz CT molecular complexity index is 361. The molecule has 1 unspecified atom stereocenters. The maximum Gasteiger partial charge on any atom is 0.101 e. The smallest absolute Gasteiger partial charge is 0.101 e. The highest BCUT2D eigenvalue weighted by Gasteiger charge is 2.13. The van der Waals surface area contributed by atoms with Gasteiger partial charge in [-0.2, -0.15) is 5.26 Å². The maximum absolute atomic E-state index is 8.90. The second kappa shape index (κ2) is 4.81. The van der Waals surface area contributed by atoms with Crippen LogP contribution in [0.1, 0.15) is 18.4 Å². The highest BCUT2D eigenvalue weighted by Crippen LogP contribution is 2.14. The van der Waals surface area contributed by atoms with Crippen molar-refractivity contribution in [3.8, 4) is 6.07 Å². The molecule has 1 aliphatic rings. The van der Waals surface area contributed by atoms with Crippen LogP contribution in [0.15, 0.2) is 24.3 Å². The highest BCUT2D eigenvalue weighted by molar-refractivity contribution is 5.57. The molecule has 0 aliphatic carbocycles. The third kappa shape index (κ3) is 2.48. The van der Waals surface area contributed by atoms with Crippen LogP contribution in [0.2, 0.25) is 0 Å². The number of para-hydroxylation sites is 1. The van der Waals surface area contributed by atoms with E-state index in [9.17, 15) is 0 Å². The molecule has 3 heteroatoms. The molecule has 0 aromatic heterocycles. The van der Waals surface area contributed by atoms with Crippen molar-refractivity contribution in [2.75, 3.05) is 18.4 Å². The second-order valence-corrected chi connectivity index (χ2v) is 3.83. The van der Waals surface area contributed by atoms with E-state index < -0.39 is 0 Å². The molecule has 1 saturated heterocycles. The van der Waals surface area contributed by atoms with Crippen LogP contribution in [-0.2, 0) is 0 Å². The number of rotatable bonds is 3. The fraction of sp³-hybridized carbons (Fsp3) is 0.417. The van der Waals surface area contributed by atoms with Gasteiger partial charge in [0.25, 0.3) is 0 Å². The Morgan fingerprint density at radius 1 is 1.47 bits per heavy atom. The lowest BCUT2D eigenvalue weighted by molar-refractivity contribution is 0.633. The molecule has 0 spiro atoms. The van der Waals surface area contributed by atoms with Gasteiger partial charge in [-0.15, -0.1) is 0 Å². The first-order valence-electron chi connectivity index (χ1n) is 5.36. The summed E-state index contributed by atoms with van der Waals surface area (Å²) in [5.41, 5.74) is 1.66. The highest BCUT2D eigenvalue weighted by atomic mass is 15.0. The molecule has 1 aliphatic heterocycles. The molecule has 0 saturated carbocycles. The number of hydrogen-bond acceptors (Lipinski definition) is 3. The Morgan fingerprint density at radius 2 is 2.33 bits per heavy atom. The minimum absolute atomic E-state index is 0.553. The number of nitrogens with zero attached hydrogens (tertiary/aromatic N) is 1. The van der Waals surface area contributed by atoms with Gasteiger partial charge in [-0.3, -0.25) is 0 Å². The second-order valence-electron chi connectivity index (χ2n) is 3.83. The number of nitrogens with one attached hydrogen (secondary N) is 2. The number of hydrogen-bond donors (Lipinski definition) is 2. The van der Waals surface area contributed by atoms with Crippen LogP contribution in [0, 0.1) is 11.3 Å². The molecule has 1 heterocycles. The Morgan fingerprint density at radius 3 is 3.07 bits per heavy atom. The summed E-state index contributed by atoms with van der Waals surface area (Å²) in [6.45, 7) is 2.02. The molecule has 3 nitrogen and oxygen atoms in total. The van der Waals surface area contributed by atoms with Crippen LogP contribution in [0.3, 0.4) is 0 Å². The summed E-state index contributed by atoms with van der Waals surface area (Å²) in [4.78, 5) is 0. The predicted molar refractivity (Wildman–Crippen MR) is 60.7 cm³/mol. The van der Waals surface area contributed by atoms with E-state index in [1.165, 1.54) is 12.8 Å². The molecule has 1 atom stereocenters. The average molecular weight is 201 g/mol. The van der Waals surface area contributed by atoms with Crippen molar-refractivity contribution < 1.29 is 0 Å². The zero-order chi connectivity index (χ0) is 10.5. The fourth-order valence-corrected chi connectivity index (χ4v) is 1.90. The van der Waals surface area contributed by atoms with Gasteiger partial charge in [-0.25, -0.2) is 0 Å². The van der Waals surface area contributed by atoms with Gasteiger partial charge >= 0.3 is 0 Å². The van der Waals surface area contributed by atoms with Crippen LogP contribution in [0.25, 0.3) is 0 Å². The van der Waals surface area contributed by atoms with Gasteiger partial charge in [0.1, 0.15) is 6.07 Å². The van der Waals surface area contributed by atoms with E-state index in [4.69, 9.17) is 5.26 Å². The quantitative estimate of drug-likeness (QED) is 0.782. The van der Waals surface area contributed by atoms with Gasteiger partial charge in [0.05, 0.1) is 11.3 Å². The van der Waals surface area contributed by atoms with Crippen LogP contribution in [0.4, 0.5) is 5.69 Å².